The molecule has 0 fully saturated rings. The van der Waals surface area contributed by atoms with Crippen molar-refractivity contribution < 1.29 is 4.79 Å². The van der Waals surface area contributed by atoms with Crippen LogP contribution in [0.25, 0.3) is 0 Å². The van der Waals surface area contributed by atoms with Crippen LogP contribution in [0.1, 0.15) is 6.92 Å². The molecule has 56 valence electrons. The summed E-state index contributed by atoms with van der Waals surface area (Å²) in [6.07, 6.45) is 2.95. The number of nitrogens with zero attached hydrogens (tertiary/aromatic N) is 1. The van der Waals surface area contributed by atoms with Gasteiger partial charge in [0.1, 0.15) is 0 Å². The number of hydrogen-bond acceptors (Lipinski definition) is 1. The van der Waals surface area contributed by atoms with Gasteiger partial charge in [-0.15, -0.1) is 0 Å². The van der Waals surface area contributed by atoms with Crippen LogP contribution < -0.4 is 0 Å². The van der Waals surface area contributed by atoms with Gasteiger partial charge in [-0.3, -0.25) is 4.79 Å². The topological polar surface area (TPSA) is 20.3 Å². The number of likely N-dealkylation sites (N-methyl/N-ethyl adjacent to an activating group) is 1. The fraction of sp³-hybridized carbons (Fsp3) is 0.286. The molecule has 1 amide bonds. The highest BCUT2D eigenvalue weighted by Gasteiger charge is 1.98. The second-order valence-electron chi connectivity index (χ2n) is 1.86. The lowest BCUT2D eigenvalue weighted by Crippen LogP contribution is -2.17. The van der Waals surface area contributed by atoms with Crippen molar-refractivity contribution in [2.75, 3.05) is 7.05 Å². The Kier molecular flexibility index (Phi) is 4.03. The van der Waals surface area contributed by atoms with Crippen molar-refractivity contribution in [1.29, 1.82) is 0 Å². The monoisotopic (exact) mass is 203 g/mol. The standard InChI is InChI=1S/C7H10BrNO/c1-4-9(3)7(10)5-6(2)8/h4-5H,1H2,2-3H3/b6-5+. The van der Waals surface area contributed by atoms with Crippen molar-refractivity contribution in [3.05, 3.63) is 23.3 Å². The van der Waals surface area contributed by atoms with Crippen LogP contribution in [0.5, 0.6) is 0 Å². The smallest absolute Gasteiger partial charge is 0.251 e. The Morgan fingerprint density at radius 2 is 2.20 bits per heavy atom. The van der Waals surface area contributed by atoms with Gasteiger partial charge < -0.3 is 4.90 Å². The molecule has 0 aliphatic rings. The fourth-order valence-corrected chi connectivity index (χ4v) is 0.558. The van der Waals surface area contributed by atoms with Crippen molar-refractivity contribution in [3.63, 3.8) is 0 Å². The Balaban J connectivity index is 4.10. The van der Waals surface area contributed by atoms with Crippen LogP contribution in [0, 0.1) is 0 Å². The third-order valence-corrected chi connectivity index (χ3v) is 1.17. The highest BCUT2D eigenvalue weighted by Crippen LogP contribution is 2.02. The van der Waals surface area contributed by atoms with Gasteiger partial charge >= 0.3 is 0 Å². The number of hydrogen-bond donors (Lipinski definition) is 0. The van der Waals surface area contributed by atoms with Gasteiger partial charge in [0.05, 0.1) is 0 Å². The van der Waals surface area contributed by atoms with Crippen LogP contribution in [0.4, 0.5) is 0 Å². The molecule has 0 saturated carbocycles. The molecular formula is C7H10BrNO. The van der Waals surface area contributed by atoms with Crippen molar-refractivity contribution >= 4 is 21.8 Å². The first-order valence-electron chi connectivity index (χ1n) is 2.81. The zero-order chi connectivity index (χ0) is 8.15. The molecule has 0 heterocycles. The number of carbonyl (C=O) groups is 1. The lowest BCUT2D eigenvalue weighted by atomic mass is 10.5. The molecular weight excluding hydrogens is 194 g/mol. The Hall–Kier alpha value is -0.570. The molecule has 3 heteroatoms. The Labute approximate surface area is 69.3 Å². The number of amides is 1. The third-order valence-electron chi connectivity index (χ3n) is 0.944. The summed E-state index contributed by atoms with van der Waals surface area (Å²) in [6.45, 7) is 5.25. The molecule has 0 saturated heterocycles. The number of rotatable bonds is 2. The lowest BCUT2D eigenvalue weighted by molar-refractivity contribution is -0.122. The SMILES string of the molecule is C=CN(C)C(=O)/C=C(\C)Br. The molecule has 10 heavy (non-hydrogen) atoms. The summed E-state index contributed by atoms with van der Waals surface area (Å²) >= 11 is 3.15. The Morgan fingerprint density at radius 1 is 1.70 bits per heavy atom. The zero-order valence-electron chi connectivity index (χ0n) is 6.10. The molecule has 0 unspecified atom stereocenters. The van der Waals surface area contributed by atoms with Crippen LogP contribution in [-0.2, 0) is 4.79 Å². The van der Waals surface area contributed by atoms with Gasteiger partial charge in [0.15, 0.2) is 0 Å². The van der Waals surface area contributed by atoms with Crippen LogP contribution in [-0.4, -0.2) is 17.9 Å². The maximum atomic E-state index is 10.9. The highest BCUT2D eigenvalue weighted by atomic mass is 79.9. The van der Waals surface area contributed by atoms with E-state index in [1.165, 1.54) is 17.2 Å². The van der Waals surface area contributed by atoms with E-state index in [0.717, 1.165) is 4.48 Å². The van der Waals surface area contributed by atoms with Crippen LogP contribution in [0.3, 0.4) is 0 Å². The van der Waals surface area contributed by atoms with E-state index < -0.39 is 0 Å². The molecule has 0 bridgehead atoms. The van der Waals surface area contributed by atoms with E-state index in [2.05, 4.69) is 22.5 Å². The van der Waals surface area contributed by atoms with Gasteiger partial charge in [-0.05, 0) is 17.6 Å². The molecule has 0 radical (unpaired) electrons. The molecule has 0 rings (SSSR count). The largest absolute Gasteiger partial charge is 0.319 e. The normalized spacial score (nSPS) is 10.9. The van der Waals surface area contributed by atoms with E-state index in [9.17, 15) is 4.79 Å². The summed E-state index contributed by atoms with van der Waals surface area (Å²) in [5, 5.41) is 0. The summed E-state index contributed by atoms with van der Waals surface area (Å²) in [5.74, 6) is -0.0793. The van der Waals surface area contributed by atoms with Gasteiger partial charge in [0.25, 0.3) is 5.91 Å². The Morgan fingerprint density at radius 3 is 2.50 bits per heavy atom. The predicted molar refractivity (Wildman–Crippen MR) is 45.7 cm³/mol. The Bertz CT molecular complexity index is 170. The summed E-state index contributed by atoms with van der Waals surface area (Å²) < 4.78 is 0.811. The minimum atomic E-state index is -0.0793. The second kappa shape index (κ2) is 4.28. The molecule has 0 aromatic carbocycles. The molecule has 2 nitrogen and oxygen atoms in total. The summed E-state index contributed by atoms with van der Waals surface area (Å²) in [6, 6.07) is 0. The highest BCUT2D eigenvalue weighted by molar-refractivity contribution is 9.11. The lowest BCUT2D eigenvalue weighted by Gasteiger charge is -2.06. The van der Waals surface area contributed by atoms with E-state index in [0.29, 0.717) is 0 Å². The van der Waals surface area contributed by atoms with Gasteiger partial charge in [-0.1, -0.05) is 22.5 Å². The first-order chi connectivity index (χ1) is 4.57. The summed E-state index contributed by atoms with van der Waals surface area (Å²) in [5.41, 5.74) is 0. The molecule has 0 aliphatic heterocycles. The predicted octanol–water partition coefficient (Wildman–Crippen LogP) is 1.89. The molecule has 0 aromatic heterocycles. The number of halogens is 1. The van der Waals surface area contributed by atoms with Crippen molar-refractivity contribution in [2.45, 2.75) is 6.92 Å². The van der Waals surface area contributed by atoms with Crippen molar-refractivity contribution in [1.82, 2.24) is 4.90 Å². The van der Waals surface area contributed by atoms with E-state index in [4.69, 9.17) is 0 Å². The van der Waals surface area contributed by atoms with Crippen molar-refractivity contribution in [3.8, 4) is 0 Å². The second-order valence-corrected chi connectivity index (χ2v) is 3.11. The zero-order valence-corrected chi connectivity index (χ0v) is 7.68. The number of allylic oxidation sites excluding steroid dienone is 1. The average Bonchev–Trinajstić information content (AvgIpc) is 1.85. The minimum absolute atomic E-state index is 0.0793. The van der Waals surface area contributed by atoms with E-state index in [1.807, 2.05) is 0 Å². The first kappa shape index (κ1) is 9.43. The number of carbonyl (C=O) groups excluding carboxylic acids is 1. The average molecular weight is 204 g/mol. The first-order valence-corrected chi connectivity index (χ1v) is 3.60. The van der Waals surface area contributed by atoms with Gasteiger partial charge in [-0.2, -0.15) is 0 Å². The van der Waals surface area contributed by atoms with Crippen LogP contribution >= 0.6 is 15.9 Å². The summed E-state index contributed by atoms with van der Waals surface area (Å²) in [7, 11) is 1.65. The van der Waals surface area contributed by atoms with Gasteiger partial charge in [-0.25, -0.2) is 0 Å². The molecule has 0 aliphatic carbocycles. The summed E-state index contributed by atoms with van der Waals surface area (Å²) in [4.78, 5) is 12.3. The van der Waals surface area contributed by atoms with Gasteiger partial charge in [0, 0.05) is 13.1 Å². The van der Waals surface area contributed by atoms with Crippen molar-refractivity contribution in [2.24, 2.45) is 0 Å². The maximum absolute atomic E-state index is 10.9. The molecule has 0 atom stereocenters. The van der Waals surface area contributed by atoms with E-state index in [-0.39, 0.29) is 5.91 Å². The molecule has 0 spiro atoms. The van der Waals surface area contributed by atoms with Crippen LogP contribution in [0.15, 0.2) is 23.3 Å². The molecule has 0 N–H and O–H groups in total. The van der Waals surface area contributed by atoms with E-state index >= 15 is 0 Å². The van der Waals surface area contributed by atoms with Gasteiger partial charge in [0.2, 0.25) is 0 Å². The fourth-order valence-electron chi connectivity index (χ4n) is 0.362. The van der Waals surface area contributed by atoms with Crippen LogP contribution in [0.2, 0.25) is 0 Å². The third kappa shape index (κ3) is 3.45. The quantitative estimate of drug-likeness (QED) is 0.629. The maximum Gasteiger partial charge on any atom is 0.251 e. The van der Waals surface area contributed by atoms with E-state index in [1.54, 1.807) is 14.0 Å². The molecule has 0 aromatic rings. The minimum Gasteiger partial charge on any atom is -0.319 e.